The second-order valence-electron chi connectivity index (χ2n) is 6.95. The number of halogens is 1. The van der Waals surface area contributed by atoms with Gasteiger partial charge >= 0.3 is 0 Å². The van der Waals surface area contributed by atoms with Crippen molar-refractivity contribution in [3.05, 3.63) is 53.4 Å². The Morgan fingerprint density at radius 2 is 1.89 bits per heavy atom. The molecule has 1 aromatic heterocycles. The Morgan fingerprint density at radius 1 is 1.14 bits per heavy atom. The monoisotopic (exact) mass is 419 g/mol. The van der Waals surface area contributed by atoms with Gasteiger partial charge in [-0.15, -0.1) is 11.8 Å². The number of rotatable bonds is 3. The average Bonchev–Trinajstić information content (AvgIpc) is 3.37. The summed E-state index contributed by atoms with van der Waals surface area (Å²) in [6.45, 7) is 4.20. The van der Waals surface area contributed by atoms with Crippen LogP contribution in [0.1, 0.15) is 17.9 Å². The largest absolute Gasteiger partial charge is 0.472 e. The number of anilines is 1. The molecule has 0 spiro atoms. The zero-order valence-corrected chi connectivity index (χ0v) is 17.2. The van der Waals surface area contributed by atoms with Gasteiger partial charge in [0.1, 0.15) is 11.4 Å². The van der Waals surface area contributed by atoms with Gasteiger partial charge in [0.15, 0.2) is 0 Å². The van der Waals surface area contributed by atoms with Gasteiger partial charge in [0.05, 0.1) is 23.2 Å². The molecular weight excluding hydrogens is 398 g/mol. The first-order chi connectivity index (χ1) is 13.6. The molecule has 0 aliphatic carbocycles. The number of furan rings is 1. The molecule has 2 unspecified atom stereocenters. The highest BCUT2D eigenvalue weighted by Gasteiger charge is 2.43. The first kappa shape index (κ1) is 19.2. The van der Waals surface area contributed by atoms with E-state index in [4.69, 9.17) is 16.0 Å². The van der Waals surface area contributed by atoms with Crippen LogP contribution >= 0.6 is 23.4 Å². The Hall–Kier alpha value is -2.12. The Kier molecular flexibility index (Phi) is 5.55. The fraction of sp³-hybridized carbons (Fsp3) is 0.400. The van der Waals surface area contributed by atoms with Crippen LogP contribution in [0.2, 0.25) is 5.02 Å². The second kappa shape index (κ2) is 8.09. The number of amides is 2. The molecule has 8 heteroatoms. The van der Waals surface area contributed by atoms with Crippen LogP contribution in [0.15, 0.2) is 47.3 Å². The van der Waals surface area contributed by atoms with E-state index in [1.165, 1.54) is 6.92 Å². The van der Waals surface area contributed by atoms with E-state index in [-0.39, 0.29) is 17.2 Å². The number of para-hydroxylation sites is 1. The van der Waals surface area contributed by atoms with Crippen molar-refractivity contribution in [2.75, 3.05) is 36.8 Å². The van der Waals surface area contributed by atoms with E-state index >= 15 is 0 Å². The molecule has 0 radical (unpaired) electrons. The minimum Gasteiger partial charge on any atom is -0.472 e. The number of hydrogen-bond donors (Lipinski definition) is 0. The van der Waals surface area contributed by atoms with E-state index in [1.54, 1.807) is 29.2 Å². The molecule has 2 saturated heterocycles. The molecule has 2 aliphatic heterocycles. The van der Waals surface area contributed by atoms with Crippen LogP contribution in [-0.4, -0.2) is 59.6 Å². The third kappa shape index (κ3) is 3.61. The molecule has 6 nitrogen and oxygen atoms in total. The van der Waals surface area contributed by atoms with Gasteiger partial charge in [-0.25, -0.2) is 0 Å². The van der Waals surface area contributed by atoms with Crippen LogP contribution in [-0.2, 0) is 9.59 Å². The summed E-state index contributed by atoms with van der Waals surface area (Å²) in [5.74, 6) is 0.524. The van der Waals surface area contributed by atoms with Gasteiger partial charge in [-0.05, 0) is 18.2 Å². The number of benzene rings is 1. The van der Waals surface area contributed by atoms with Gasteiger partial charge in [-0.1, -0.05) is 23.7 Å². The van der Waals surface area contributed by atoms with Crippen LogP contribution < -0.4 is 4.90 Å². The predicted molar refractivity (Wildman–Crippen MR) is 110 cm³/mol. The maximum absolute atomic E-state index is 13.2. The number of thioether (sulfide) groups is 1. The third-order valence-corrected chi connectivity index (χ3v) is 6.90. The Balaban J connectivity index is 1.43. The fourth-order valence-corrected chi connectivity index (χ4v) is 5.55. The molecular formula is C20H22ClN3O3S. The number of piperazine rings is 1. The molecule has 0 bridgehead atoms. The van der Waals surface area contributed by atoms with Crippen molar-refractivity contribution >= 4 is 40.9 Å². The quantitative estimate of drug-likeness (QED) is 0.764. The highest BCUT2D eigenvalue weighted by molar-refractivity contribution is 7.99. The lowest BCUT2D eigenvalue weighted by molar-refractivity contribution is -0.144. The fourth-order valence-electron chi connectivity index (χ4n) is 3.84. The number of nitrogens with zero attached hydrogens (tertiary/aromatic N) is 3. The van der Waals surface area contributed by atoms with Crippen molar-refractivity contribution in [1.29, 1.82) is 0 Å². The maximum Gasteiger partial charge on any atom is 0.246 e. The average molecular weight is 420 g/mol. The summed E-state index contributed by atoms with van der Waals surface area (Å²) in [5.41, 5.74) is 1.91. The SMILES string of the molecule is CC(=O)N1C(C(=O)N2CCN(c3ccccc3Cl)CC2)CSC1c1ccoc1. The van der Waals surface area contributed by atoms with Gasteiger partial charge in [-0.3, -0.25) is 9.59 Å². The number of carbonyl (C=O) groups is 2. The van der Waals surface area contributed by atoms with Crippen molar-refractivity contribution in [2.24, 2.45) is 0 Å². The molecule has 28 heavy (non-hydrogen) atoms. The molecule has 2 fully saturated rings. The molecule has 0 N–H and O–H groups in total. The summed E-state index contributed by atoms with van der Waals surface area (Å²) in [4.78, 5) is 31.3. The minimum absolute atomic E-state index is 0.0208. The third-order valence-electron chi connectivity index (χ3n) is 5.26. The van der Waals surface area contributed by atoms with Gasteiger partial charge in [0.2, 0.25) is 11.8 Å². The molecule has 4 rings (SSSR count). The van der Waals surface area contributed by atoms with Crippen LogP contribution in [0, 0.1) is 0 Å². The summed E-state index contributed by atoms with van der Waals surface area (Å²) < 4.78 is 5.17. The van der Waals surface area contributed by atoms with E-state index in [9.17, 15) is 9.59 Å². The van der Waals surface area contributed by atoms with E-state index < -0.39 is 6.04 Å². The highest BCUT2D eigenvalue weighted by atomic mass is 35.5. The Bertz CT molecular complexity index is 852. The molecule has 2 aromatic rings. The van der Waals surface area contributed by atoms with Gasteiger partial charge < -0.3 is 19.1 Å². The highest BCUT2D eigenvalue weighted by Crippen LogP contribution is 2.42. The maximum atomic E-state index is 13.2. The van der Waals surface area contributed by atoms with Crippen LogP contribution in [0.25, 0.3) is 0 Å². The summed E-state index contributed by atoms with van der Waals surface area (Å²) in [6, 6.07) is 9.17. The second-order valence-corrected chi connectivity index (χ2v) is 8.47. The van der Waals surface area contributed by atoms with E-state index in [0.29, 0.717) is 18.8 Å². The first-order valence-electron chi connectivity index (χ1n) is 9.27. The first-order valence-corrected chi connectivity index (χ1v) is 10.7. The van der Waals surface area contributed by atoms with Crippen LogP contribution in [0.4, 0.5) is 5.69 Å². The minimum atomic E-state index is -0.436. The number of carbonyl (C=O) groups excluding carboxylic acids is 2. The smallest absolute Gasteiger partial charge is 0.246 e. The summed E-state index contributed by atoms with van der Waals surface area (Å²) in [6.07, 6.45) is 3.24. The van der Waals surface area contributed by atoms with Crippen molar-refractivity contribution < 1.29 is 14.0 Å². The lowest BCUT2D eigenvalue weighted by atomic mass is 10.1. The molecule has 2 amide bonds. The van der Waals surface area contributed by atoms with Crippen molar-refractivity contribution in [3.8, 4) is 0 Å². The standard InChI is InChI=1S/C20H22ClN3O3S/c1-14(25)24-18(13-28-20(24)15-6-11-27-12-15)19(26)23-9-7-22(8-10-23)17-5-3-2-4-16(17)21/h2-6,11-12,18,20H,7-10,13H2,1H3. The van der Waals surface area contributed by atoms with Crippen molar-refractivity contribution in [1.82, 2.24) is 9.80 Å². The van der Waals surface area contributed by atoms with E-state index in [0.717, 1.165) is 29.4 Å². The van der Waals surface area contributed by atoms with Crippen LogP contribution in [0.3, 0.4) is 0 Å². The van der Waals surface area contributed by atoms with Gasteiger partial charge in [0, 0.05) is 44.4 Å². The normalized spacial score (nSPS) is 22.6. The summed E-state index contributed by atoms with van der Waals surface area (Å²) in [5, 5.41) is 0.551. The molecule has 3 heterocycles. The molecule has 148 valence electrons. The van der Waals surface area contributed by atoms with E-state index in [1.807, 2.05) is 35.2 Å². The molecule has 2 atom stereocenters. The molecule has 0 saturated carbocycles. The summed E-state index contributed by atoms with van der Waals surface area (Å²) in [7, 11) is 0. The predicted octanol–water partition coefficient (Wildman–Crippen LogP) is 3.24. The van der Waals surface area contributed by atoms with Crippen molar-refractivity contribution in [2.45, 2.75) is 18.3 Å². The Labute approximate surface area is 173 Å². The molecule has 1 aromatic carbocycles. The van der Waals surface area contributed by atoms with Crippen LogP contribution in [0.5, 0.6) is 0 Å². The topological polar surface area (TPSA) is 57.0 Å². The zero-order valence-electron chi connectivity index (χ0n) is 15.6. The van der Waals surface area contributed by atoms with Crippen molar-refractivity contribution in [3.63, 3.8) is 0 Å². The lowest BCUT2D eigenvalue weighted by Crippen LogP contribution is -2.55. The molecule has 2 aliphatic rings. The summed E-state index contributed by atoms with van der Waals surface area (Å²) >= 11 is 7.91. The van der Waals surface area contributed by atoms with E-state index in [2.05, 4.69) is 4.90 Å². The lowest BCUT2D eigenvalue weighted by Gasteiger charge is -2.38. The number of hydrogen-bond acceptors (Lipinski definition) is 5. The Morgan fingerprint density at radius 3 is 2.54 bits per heavy atom. The van der Waals surface area contributed by atoms with Gasteiger partial charge in [-0.2, -0.15) is 0 Å². The zero-order chi connectivity index (χ0) is 19.7. The van der Waals surface area contributed by atoms with Gasteiger partial charge in [0.25, 0.3) is 0 Å².